The van der Waals surface area contributed by atoms with Gasteiger partial charge in [0.1, 0.15) is 5.75 Å². The lowest BCUT2D eigenvalue weighted by Crippen LogP contribution is -2.20. The highest BCUT2D eigenvalue weighted by molar-refractivity contribution is 9.10. The van der Waals surface area contributed by atoms with Gasteiger partial charge in [0.25, 0.3) is 5.91 Å². The quantitative estimate of drug-likeness (QED) is 0.708. The number of carbonyl (C=O) groups is 2. The monoisotopic (exact) mass is 410 g/mol. The number of amides is 1. The van der Waals surface area contributed by atoms with E-state index in [1.54, 1.807) is 6.92 Å². The van der Waals surface area contributed by atoms with Gasteiger partial charge in [0.15, 0.2) is 17.5 Å². The average Bonchev–Trinajstić information content (AvgIpc) is 2.86. The summed E-state index contributed by atoms with van der Waals surface area (Å²) in [6.07, 6.45) is 0. The second-order valence-corrected chi connectivity index (χ2v) is 7.52. The molecule has 7 heteroatoms. The first kappa shape index (κ1) is 18.6. The molecule has 0 unspecified atom stereocenters. The zero-order valence-corrected chi connectivity index (χ0v) is 16.4. The fourth-order valence-corrected chi connectivity index (χ4v) is 3.46. The van der Waals surface area contributed by atoms with E-state index in [2.05, 4.69) is 40.1 Å². The fourth-order valence-electron chi connectivity index (χ4n) is 2.07. The molecule has 0 radical (unpaired) electrons. The Morgan fingerprint density at radius 1 is 1.38 bits per heavy atom. The van der Waals surface area contributed by atoms with Crippen molar-refractivity contribution in [2.75, 3.05) is 11.9 Å². The van der Waals surface area contributed by atoms with Gasteiger partial charge in [0, 0.05) is 6.92 Å². The molecular weight excluding hydrogens is 392 g/mol. The number of ketones is 1. The van der Waals surface area contributed by atoms with Crippen LogP contribution in [0.5, 0.6) is 5.75 Å². The first-order valence-electron chi connectivity index (χ1n) is 7.48. The number of halogens is 1. The van der Waals surface area contributed by atoms with E-state index in [-0.39, 0.29) is 18.3 Å². The van der Waals surface area contributed by atoms with E-state index < -0.39 is 0 Å². The second-order valence-electron chi connectivity index (χ2n) is 5.67. The predicted molar refractivity (Wildman–Crippen MR) is 99.2 cm³/mol. The Kier molecular flexibility index (Phi) is 6.12. The minimum Gasteiger partial charge on any atom is -0.483 e. The minimum atomic E-state index is -0.321. The molecule has 1 aromatic heterocycles. The van der Waals surface area contributed by atoms with Crippen LogP contribution in [0.1, 0.15) is 47.6 Å². The zero-order chi connectivity index (χ0) is 17.9. The van der Waals surface area contributed by atoms with Gasteiger partial charge in [-0.25, -0.2) is 4.98 Å². The van der Waals surface area contributed by atoms with E-state index in [0.29, 0.717) is 27.4 Å². The van der Waals surface area contributed by atoms with E-state index in [1.807, 2.05) is 18.2 Å². The molecule has 1 N–H and O–H groups in total. The summed E-state index contributed by atoms with van der Waals surface area (Å²) in [5, 5.41) is 3.06. The number of Topliss-reactive ketones (excluding diaryl/α,β-unsaturated/α-hetero) is 1. The maximum atomic E-state index is 12.0. The van der Waals surface area contributed by atoms with Crippen LogP contribution in [0, 0.1) is 6.92 Å². The second kappa shape index (κ2) is 7.90. The Bertz CT molecular complexity index is 771. The van der Waals surface area contributed by atoms with Gasteiger partial charge < -0.3 is 4.74 Å². The smallest absolute Gasteiger partial charge is 0.264 e. The highest BCUT2D eigenvalue weighted by Gasteiger charge is 2.14. The molecule has 1 heterocycles. The molecule has 0 saturated heterocycles. The molecule has 0 spiro atoms. The van der Waals surface area contributed by atoms with Gasteiger partial charge >= 0.3 is 0 Å². The van der Waals surface area contributed by atoms with Crippen molar-refractivity contribution in [1.29, 1.82) is 0 Å². The minimum absolute atomic E-state index is 0.0593. The number of aromatic nitrogens is 1. The molecule has 0 saturated carbocycles. The molecule has 0 aliphatic rings. The van der Waals surface area contributed by atoms with Crippen LogP contribution < -0.4 is 10.1 Å². The predicted octanol–water partition coefficient (Wildman–Crippen LogP) is 4.56. The number of anilines is 1. The molecule has 2 aromatic rings. The van der Waals surface area contributed by atoms with Crippen molar-refractivity contribution in [1.82, 2.24) is 4.98 Å². The number of nitrogens with zero attached hydrogens (tertiary/aromatic N) is 1. The fraction of sp³-hybridized carbons (Fsp3) is 0.353. The molecule has 1 aromatic carbocycles. The summed E-state index contributed by atoms with van der Waals surface area (Å²) in [5.41, 5.74) is 1.81. The standard InChI is InChI=1S/C17H19BrN2O3S/c1-9(2)12-5-6-14(13(18)7-12)23-8-15(22)20-17-19-10(3)16(24-17)11(4)21/h5-7,9H,8H2,1-4H3,(H,19,20,22). The van der Waals surface area contributed by atoms with Crippen molar-refractivity contribution < 1.29 is 14.3 Å². The van der Waals surface area contributed by atoms with Gasteiger partial charge in [-0.05, 0) is 46.5 Å². The third-order valence-electron chi connectivity index (χ3n) is 3.34. The van der Waals surface area contributed by atoms with E-state index >= 15 is 0 Å². The summed E-state index contributed by atoms with van der Waals surface area (Å²) in [6.45, 7) is 7.32. The van der Waals surface area contributed by atoms with Crippen molar-refractivity contribution in [3.05, 3.63) is 38.8 Å². The average molecular weight is 411 g/mol. The number of nitrogens with one attached hydrogen (secondary N) is 1. The van der Waals surface area contributed by atoms with Crippen molar-refractivity contribution in [3.63, 3.8) is 0 Å². The summed E-state index contributed by atoms with van der Waals surface area (Å²) >= 11 is 4.63. The van der Waals surface area contributed by atoms with E-state index in [4.69, 9.17) is 4.74 Å². The molecule has 128 valence electrons. The maximum absolute atomic E-state index is 12.0. The Balaban J connectivity index is 1.96. The Morgan fingerprint density at radius 3 is 2.62 bits per heavy atom. The summed E-state index contributed by atoms with van der Waals surface area (Å²) in [6, 6.07) is 5.81. The number of ether oxygens (including phenoxy) is 1. The van der Waals surface area contributed by atoms with Crippen LogP contribution in [0.15, 0.2) is 22.7 Å². The third-order valence-corrected chi connectivity index (χ3v) is 5.14. The van der Waals surface area contributed by atoms with Gasteiger partial charge in [0.2, 0.25) is 0 Å². The first-order valence-corrected chi connectivity index (χ1v) is 9.09. The molecule has 1 amide bonds. The van der Waals surface area contributed by atoms with Crippen molar-refractivity contribution >= 4 is 44.1 Å². The number of carbonyl (C=O) groups excluding carboxylic acids is 2. The molecule has 0 aliphatic carbocycles. The lowest BCUT2D eigenvalue weighted by Gasteiger charge is -2.11. The number of rotatable bonds is 6. The topological polar surface area (TPSA) is 68.3 Å². The van der Waals surface area contributed by atoms with Crippen molar-refractivity contribution in [2.24, 2.45) is 0 Å². The molecule has 0 bridgehead atoms. The summed E-state index contributed by atoms with van der Waals surface area (Å²) < 4.78 is 6.35. The highest BCUT2D eigenvalue weighted by Crippen LogP contribution is 2.29. The van der Waals surface area contributed by atoms with Crippen LogP contribution in [0.25, 0.3) is 0 Å². The van der Waals surface area contributed by atoms with Crippen LogP contribution in [0.4, 0.5) is 5.13 Å². The van der Waals surface area contributed by atoms with Gasteiger partial charge in [-0.2, -0.15) is 0 Å². The van der Waals surface area contributed by atoms with Crippen LogP contribution >= 0.6 is 27.3 Å². The molecule has 0 fully saturated rings. The Morgan fingerprint density at radius 2 is 2.08 bits per heavy atom. The third kappa shape index (κ3) is 4.64. The number of aryl methyl sites for hydroxylation is 1. The lowest BCUT2D eigenvalue weighted by molar-refractivity contribution is -0.118. The van der Waals surface area contributed by atoms with Gasteiger partial charge in [-0.3, -0.25) is 14.9 Å². The maximum Gasteiger partial charge on any atom is 0.264 e. The van der Waals surface area contributed by atoms with Crippen LogP contribution in [-0.2, 0) is 4.79 Å². The van der Waals surface area contributed by atoms with E-state index in [0.717, 1.165) is 4.47 Å². The lowest BCUT2D eigenvalue weighted by atomic mass is 10.0. The molecule has 2 rings (SSSR count). The first-order chi connectivity index (χ1) is 11.3. The van der Waals surface area contributed by atoms with E-state index in [1.165, 1.54) is 23.8 Å². The van der Waals surface area contributed by atoms with Crippen LogP contribution in [-0.4, -0.2) is 23.3 Å². The van der Waals surface area contributed by atoms with Gasteiger partial charge in [-0.1, -0.05) is 31.3 Å². The largest absolute Gasteiger partial charge is 0.483 e. The van der Waals surface area contributed by atoms with E-state index in [9.17, 15) is 9.59 Å². The van der Waals surface area contributed by atoms with Crippen LogP contribution in [0.3, 0.4) is 0 Å². The summed E-state index contributed by atoms with van der Waals surface area (Å²) in [4.78, 5) is 28.1. The molecular formula is C17H19BrN2O3S. The zero-order valence-electron chi connectivity index (χ0n) is 14.0. The highest BCUT2D eigenvalue weighted by atomic mass is 79.9. The molecule has 0 aliphatic heterocycles. The summed E-state index contributed by atoms with van der Waals surface area (Å²) in [7, 11) is 0. The number of hydrogen-bond acceptors (Lipinski definition) is 5. The number of hydrogen-bond donors (Lipinski definition) is 1. The van der Waals surface area contributed by atoms with Gasteiger partial charge in [0.05, 0.1) is 15.0 Å². The molecule has 5 nitrogen and oxygen atoms in total. The Hall–Kier alpha value is -1.73. The van der Waals surface area contributed by atoms with Crippen molar-refractivity contribution in [2.45, 2.75) is 33.6 Å². The summed E-state index contributed by atoms with van der Waals surface area (Å²) in [5.74, 6) is 0.645. The SMILES string of the molecule is CC(=O)c1sc(NC(=O)COc2ccc(C(C)C)cc2Br)nc1C. The molecule has 24 heavy (non-hydrogen) atoms. The van der Waals surface area contributed by atoms with Crippen LogP contribution in [0.2, 0.25) is 0 Å². The number of thiazole rings is 1. The van der Waals surface area contributed by atoms with Gasteiger partial charge in [-0.15, -0.1) is 0 Å². The number of benzene rings is 1. The normalized spacial score (nSPS) is 10.8. The van der Waals surface area contributed by atoms with Crippen molar-refractivity contribution in [3.8, 4) is 5.75 Å². The Labute approximate surface area is 153 Å². The molecule has 0 atom stereocenters.